The first kappa shape index (κ1) is 21.9. The number of benzene rings is 1. The number of carbonyl (C=O) groups excluding carboxylic acids is 2. The lowest BCUT2D eigenvalue weighted by atomic mass is 9.97. The van der Waals surface area contributed by atoms with E-state index >= 15 is 0 Å². The number of nitrogens with zero attached hydrogens (tertiary/aromatic N) is 4. The minimum atomic E-state index is -1.11. The van der Waals surface area contributed by atoms with Gasteiger partial charge in [-0.25, -0.2) is 9.97 Å². The third kappa shape index (κ3) is 5.44. The van der Waals surface area contributed by atoms with Gasteiger partial charge in [-0.1, -0.05) is 0 Å². The minimum Gasteiger partial charge on any atom is -0.496 e. The Hall–Kier alpha value is -3.76. The average Bonchev–Trinajstić information content (AvgIpc) is 2.79. The van der Waals surface area contributed by atoms with Gasteiger partial charge in [-0.2, -0.15) is 0 Å². The molecule has 3 rings (SSSR count). The second kappa shape index (κ2) is 9.83. The fourth-order valence-corrected chi connectivity index (χ4v) is 3.22. The molecule has 0 radical (unpaired) electrons. The summed E-state index contributed by atoms with van der Waals surface area (Å²) in [6.07, 6.45) is 3.32. The van der Waals surface area contributed by atoms with Gasteiger partial charge in [-0.3, -0.25) is 19.7 Å². The van der Waals surface area contributed by atoms with Crippen molar-refractivity contribution in [1.82, 2.24) is 9.97 Å². The molecule has 1 aromatic heterocycles. The van der Waals surface area contributed by atoms with Gasteiger partial charge in [0.2, 0.25) is 5.95 Å². The second-order valence-electron chi connectivity index (χ2n) is 7.02. The van der Waals surface area contributed by atoms with Gasteiger partial charge >= 0.3 is 5.97 Å². The van der Waals surface area contributed by atoms with Gasteiger partial charge in [0.05, 0.1) is 24.0 Å². The van der Waals surface area contributed by atoms with Crippen LogP contribution in [0.25, 0.3) is 0 Å². The summed E-state index contributed by atoms with van der Waals surface area (Å²) in [6.45, 7) is 2.63. The van der Waals surface area contributed by atoms with Crippen LogP contribution in [0.5, 0.6) is 5.75 Å². The van der Waals surface area contributed by atoms with Crippen molar-refractivity contribution in [1.29, 1.82) is 0 Å². The molecule has 1 fully saturated rings. The number of ether oxygens (including phenoxy) is 2. The molecule has 11 nitrogen and oxygen atoms in total. The van der Waals surface area contributed by atoms with E-state index in [0.717, 1.165) is 0 Å². The summed E-state index contributed by atoms with van der Waals surface area (Å²) in [5.41, 5.74) is -0.323. The number of aromatic nitrogens is 2. The molecule has 1 aliphatic heterocycles. The summed E-state index contributed by atoms with van der Waals surface area (Å²) in [6, 6.07) is 5.80. The smallest absolute Gasteiger partial charge is 0.309 e. The monoisotopic (exact) mass is 429 g/mol. The van der Waals surface area contributed by atoms with E-state index in [-0.39, 0.29) is 23.0 Å². The van der Waals surface area contributed by atoms with E-state index in [4.69, 9.17) is 9.47 Å². The zero-order valence-electron chi connectivity index (χ0n) is 17.2. The first-order valence-electron chi connectivity index (χ1n) is 9.74. The Morgan fingerprint density at radius 1 is 1.26 bits per heavy atom. The molecule has 1 saturated heterocycles. The van der Waals surface area contributed by atoms with Crippen LogP contribution in [-0.4, -0.2) is 53.1 Å². The number of nitrogens with one attached hydrogen (secondary N) is 1. The molecule has 1 amide bonds. The second-order valence-corrected chi connectivity index (χ2v) is 7.02. The maximum absolute atomic E-state index is 12.5. The van der Waals surface area contributed by atoms with Crippen molar-refractivity contribution in [2.75, 3.05) is 30.4 Å². The molecule has 1 atom stereocenters. The van der Waals surface area contributed by atoms with Gasteiger partial charge in [0.25, 0.3) is 11.6 Å². The minimum absolute atomic E-state index is 0.00475. The summed E-state index contributed by atoms with van der Waals surface area (Å²) in [5, 5.41) is 13.7. The molecule has 164 valence electrons. The summed E-state index contributed by atoms with van der Waals surface area (Å²) < 4.78 is 10.3. The Morgan fingerprint density at radius 3 is 2.55 bits per heavy atom. The SMILES string of the molecule is COc1ccc(NC(=O)C(C)OC(=O)C2CCN(c3ncccn3)CC2)c([N+](=O)[O-])c1. The predicted octanol–water partition coefficient (Wildman–Crippen LogP) is 2.18. The van der Waals surface area contributed by atoms with Crippen LogP contribution in [0.2, 0.25) is 0 Å². The van der Waals surface area contributed by atoms with Gasteiger partial charge in [0.1, 0.15) is 11.4 Å². The molecule has 2 heterocycles. The van der Waals surface area contributed by atoms with Crippen molar-refractivity contribution in [2.24, 2.45) is 5.92 Å². The number of amides is 1. The van der Waals surface area contributed by atoms with Crippen molar-refractivity contribution in [3.05, 3.63) is 46.8 Å². The quantitative estimate of drug-likeness (QED) is 0.399. The molecular weight excluding hydrogens is 406 g/mol. The number of anilines is 2. The third-order valence-corrected chi connectivity index (χ3v) is 4.98. The zero-order chi connectivity index (χ0) is 22.4. The van der Waals surface area contributed by atoms with Crippen LogP contribution in [0.3, 0.4) is 0 Å². The van der Waals surface area contributed by atoms with Gasteiger partial charge in [0, 0.05) is 25.5 Å². The fourth-order valence-electron chi connectivity index (χ4n) is 3.22. The normalized spacial score (nSPS) is 15.1. The highest BCUT2D eigenvalue weighted by Gasteiger charge is 2.30. The van der Waals surface area contributed by atoms with Gasteiger partial charge in [-0.05, 0) is 38.0 Å². The van der Waals surface area contributed by atoms with Crippen molar-refractivity contribution < 1.29 is 24.0 Å². The van der Waals surface area contributed by atoms with E-state index in [1.807, 2.05) is 4.90 Å². The molecule has 31 heavy (non-hydrogen) atoms. The predicted molar refractivity (Wildman–Crippen MR) is 111 cm³/mol. The number of nitro groups is 1. The zero-order valence-corrected chi connectivity index (χ0v) is 17.2. The number of hydrogen-bond donors (Lipinski definition) is 1. The number of nitro benzene ring substituents is 1. The summed E-state index contributed by atoms with van der Waals surface area (Å²) in [7, 11) is 1.39. The highest BCUT2D eigenvalue weighted by atomic mass is 16.6. The van der Waals surface area contributed by atoms with E-state index in [2.05, 4.69) is 15.3 Å². The van der Waals surface area contributed by atoms with Crippen molar-refractivity contribution in [3.8, 4) is 5.75 Å². The molecule has 0 saturated carbocycles. The van der Waals surface area contributed by atoms with Crippen LogP contribution in [0.15, 0.2) is 36.7 Å². The van der Waals surface area contributed by atoms with E-state index in [1.54, 1.807) is 18.5 Å². The number of esters is 1. The van der Waals surface area contributed by atoms with Gasteiger partial charge in [-0.15, -0.1) is 0 Å². The first-order valence-corrected chi connectivity index (χ1v) is 9.74. The maximum atomic E-state index is 12.5. The number of piperidine rings is 1. The van der Waals surface area contributed by atoms with Gasteiger partial charge in [0.15, 0.2) is 6.10 Å². The number of rotatable bonds is 7. The van der Waals surface area contributed by atoms with Crippen LogP contribution >= 0.6 is 0 Å². The largest absolute Gasteiger partial charge is 0.496 e. The van der Waals surface area contributed by atoms with Crippen LogP contribution in [0.4, 0.5) is 17.3 Å². The lowest BCUT2D eigenvalue weighted by Crippen LogP contribution is -2.39. The van der Waals surface area contributed by atoms with Crippen molar-refractivity contribution >= 4 is 29.2 Å². The van der Waals surface area contributed by atoms with Crippen LogP contribution < -0.4 is 15.0 Å². The standard InChI is InChI=1S/C20H23N5O6/c1-13(18(26)23-16-5-4-15(30-2)12-17(16)25(28)29)31-19(27)14-6-10-24(11-7-14)20-21-8-3-9-22-20/h3-5,8-9,12-14H,6-7,10-11H2,1-2H3,(H,23,26). The molecule has 2 aromatic rings. The molecular formula is C20H23N5O6. The van der Waals surface area contributed by atoms with E-state index in [0.29, 0.717) is 31.9 Å². The summed E-state index contributed by atoms with van der Waals surface area (Å²) in [5.74, 6) is -0.567. The molecule has 0 bridgehead atoms. The molecule has 0 aliphatic carbocycles. The van der Waals surface area contributed by atoms with Crippen molar-refractivity contribution in [3.63, 3.8) is 0 Å². The molecule has 1 aliphatic rings. The maximum Gasteiger partial charge on any atom is 0.309 e. The Bertz CT molecular complexity index is 946. The Kier molecular flexibility index (Phi) is 6.96. The lowest BCUT2D eigenvalue weighted by molar-refractivity contribution is -0.384. The molecule has 1 N–H and O–H groups in total. The number of carbonyl (C=O) groups is 2. The fraction of sp³-hybridized carbons (Fsp3) is 0.400. The van der Waals surface area contributed by atoms with Crippen molar-refractivity contribution in [2.45, 2.75) is 25.9 Å². The number of hydrogen-bond acceptors (Lipinski definition) is 9. The van der Waals surface area contributed by atoms with E-state index in [1.165, 1.54) is 32.2 Å². The highest BCUT2D eigenvalue weighted by Crippen LogP contribution is 2.29. The molecule has 1 unspecified atom stereocenters. The van der Waals surface area contributed by atoms with E-state index in [9.17, 15) is 19.7 Å². The third-order valence-electron chi connectivity index (χ3n) is 4.98. The van der Waals surface area contributed by atoms with Crippen LogP contribution in [0.1, 0.15) is 19.8 Å². The first-order chi connectivity index (χ1) is 14.9. The number of methoxy groups -OCH3 is 1. The Balaban J connectivity index is 1.54. The lowest BCUT2D eigenvalue weighted by Gasteiger charge is -2.31. The Labute approximate surface area is 178 Å². The highest BCUT2D eigenvalue weighted by molar-refractivity contribution is 5.97. The molecule has 11 heteroatoms. The van der Waals surface area contributed by atoms with Gasteiger partial charge < -0.3 is 19.7 Å². The molecule has 0 spiro atoms. The Morgan fingerprint density at radius 2 is 1.94 bits per heavy atom. The van der Waals surface area contributed by atoms with Crippen LogP contribution in [0, 0.1) is 16.0 Å². The summed E-state index contributed by atoms with van der Waals surface area (Å²) in [4.78, 5) is 45.9. The summed E-state index contributed by atoms with van der Waals surface area (Å²) >= 11 is 0. The molecule has 1 aromatic carbocycles. The van der Waals surface area contributed by atoms with Crippen LogP contribution in [-0.2, 0) is 14.3 Å². The van der Waals surface area contributed by atoms with E-state index < -0.39 is 22.9 Å². The topological polar surface area (TPSA) is 137 Å². The average molecular weight is 429 g/mol.